The Hall–Kier alpha value is -1.06. The summed E-state index contributed by atoms with van der Waals surface area (Å²) in [4.78, 5) is 22.8. The molecule has 0 heterocycles. The van der Waals surface area contributed by atoms with Crippen LogP contribution in [0.5, 0.6) is 0 Å². The second-order valence-corrected chi connectivity index (χ2v) is 3.95. The number of hydrogen-bond donors (Lipinski definition) is 1. The van der Waals surface area contributed by atoms with Crippen molar-refractivity contribution in [2.24, 2.45) is 5.92 Å². The van der Waals surface area contributed by atoms with Gasteiger partial charge in [-0.3, -0.25) is 4.79 Å². The molecule has 1 unspecified atom stereocenters. The van der Waals surface area contributed by atoms with Crippen molar-refractivity contribution < 1.29 is 14.7 Å². The van der Waals surface area contributed by atoms with E-state index in [1.807, 2.05) is 0 Å². The number of likely N-dealkylation sites (N-methyl/N-ethyl adjacent to an activating group) is 1. The largest absolute Gasteiger partial charge is 0.480 e. The number of amides is 1. The summed E-state index contributed by atoms with van der Waals surface area (Å²) < 4.78 is 0. The van der Waals surface area contributed by atoms with Crippen LogP contribution in [0.25, 0.3) is 0 Å². The monoisotopic (exact) mass is 199 g/mol. The molecule has 1 amide bonds. The smallest absolute Gasteiger partial charge is 0.326 e. The van der Waals surface area contributed by atoms with E-state index in [0.717, 1.165) is 25.7 Å². The molecule has 1 atom stereocenters. The van der Waals surface area contributed by atoms with E-state index in [4.69, 9.17) is 5.11 Å². The van der Waals surface area contributed by atoms with Gasteiger partial charge >= 0.3 is 5.97 Å². The predicted octanol–water partition coefficient (Wildman–Crippen LogP) is 1.11. The van der Waals surface area contributed by atoms with Crippen LogP contribution >= 0.6 is 0 Å². The van der Waals surface area contributed by atoms with Gasteiger partial charge in [-0.15, -0.1) is 0 Å². The number of carbonyl (C=O) groups is 2. The normalized spacial score (nSPS) is 20.1. The van der Waals surface area contributed by atoms with Crippen molar-refractivity contribution in [1.82, 2.24) is 4.90 Å². The number of hydrogen-bond acceptors (Lipinski definition) is 2. The summed E-state index contributed by atoms with van der Waals surface area (Å²) in [6.07, 6.45) is 5.81. The fraction of sp³-hybridized carbons (Fsp3) is 0.800. The third-order valence-corrected chi connectivity index (χ3v) is 2.95. The molecular formula is C10H17NO3. The number of carbonyl (C=O) groups excluding carboxylic acids is 1. The maximum absolute atomic E-state index is 11.0. The van der Waals surface area contributed by atoms with Gasteiger partial charge < -0.3 is 10.0 Å². The SMILES string of the molecule is CN(C=O)C(C(=O)O)C1CCCCC1. The first-order valence-corrected chi connectivity index (χ1v) is 5.07. The zero-order valence-corrected chi connectivity index (χ0v) is 8.48. The lowest BCUT2D eigenvalue weighted by atomic mass is 9.83. The summed E-state index contributed by atoms with van der Waals surface area (Å²) in [6.45, 7) is 0. The minimum atomic E-state index is -0.883. The van der Waals surface area contributed by atoms with Crippen molar-refractivity contribution >= 4 is 12.4 Å². The third kappa shape index (κ3) is 2.47. The highest BCUT2D eigenvalue weighted by Gasteiger charge is 2.31. The zero-order chi connectivity index (χ0) is 10.6. The molecule has 1 aliphatic carbocycles. The van der Waals surface area contributed by atoms with Crippen LogP contribution in [0.3, 0.4) is 0 Å². The van der Waals surface area contributed by atoms with E-state index >= 15 is 0 Å². The molecule has 4 heteroatoms. The van der Waals surface area contributed by atoms with E-state index in [-0.39, 0.29) is 5.92 Å². The number of carboxylic acids is 1. The van der Waals surface area contributed by atoms with E-state index in [1.54, 1.807) is 7.05 Å². The Bertz CT molecular complexity index is 211. The van der Waals surface area contributed by atoms with Gasteiger partial charge in [0.25, 0.3) is 0 Å². The van der Waals surface area contributed by atoms with Crippen molar-refractivity contribution in [1.29, 1.82) is 0 Å². The maximum Gasteiger partial charge on any atom is 0.326 e. The van der Waals surface area contributed by atoms with Crippen molar-refractivity contribution in [3.8, 4) is 0 Å². The molecule has 0 spiro atoms. The number of carboxylic acid groups (broad SMARTS) is 1. The summed E-state index contributed by atoms with van der Waals surface area (Å²) in [5.41, 5.74) is 0. The van der Waals surface area contributed by atoms with Crippen molar-refractivity contribution in [3.05, 3.63) is 0 Å². The Labute approximate surface area is 83.9 Å². The molecule has 1 rings (SSSR count). The van der Waals surface area contributed by atoms with Crippen LogP contribution in [0.1, 0.15) is 32.1 Å². The first-order chi connectivity index (χ1) is 6.66. The second-order valence-electron chi connectivity index (χ2n) is 3.95. The lowest BCUT2D eigenvalue weighted by Gasteiger charge is -2.31. The highest BCUT2D eigenvalue weighted by molar-refractivity contribution is 5.76. The Morgan fingerprint density at radius 3 is 2.43 bits per heavy atom. The molecule has 0 radical (unpaired) electrons. The summed E-state index contributed by atoms with van der Waals surface area (Å²) in [5.74, 6) is -0.747. The Morgan fingerprint density at radius 1 is 1.43 bits per heavy atom. The molecule has 14 heavy (non-hydrogen) atoms. The summed E-state index contributed by atoms with van der Waals surface area (Å²) >= 11 is 0. The van der Waals surface area contributed by atoms with Gasteiger partial charge in [-0.25, -0.2) is 4.79 Å². The van der Waals surface area contributed by atoms with Crippen LogP contribution in [0.15, 0.2) is 0 Å². The predicted molar refractivity (Wildman–Crippen MR) is 51.8 cm³/mol. The van der Waals surface area contributed by atoms with Gasteiger partial charge in [0, 0.05) is 7.05 Å². The number of aliphatic carboxylic acids is 1. The number of nitrogens with zero attached hydrogens (tertiary/aromatic N) is 1. The van der Waals surface area contributed by atoms with Crippen molar-refractivity contribution in [2.45, 2.75) is 38.1 Å². The topological polar surface area (TPSA) is 57.6 Å². The van der Waals surface area contributed by atoms with Crippen molar-refractivity contribution in [3.63, 3.8) is 0 Å². The molecule has 1 saturated carbocycles. The second kappa shape index (κ2) is 4.98. The van der Waals surface area contributed by atoms with Crippen LogP contribution in [0, 0.1) is 5.92 Å². The molecule has 1 N–H and O–H groups in total. The first kappa shape index (κ1) is 11.0. The molecule has 1 fully saturated rings. The molecule has 0 aliphatic heterocycles. The van der Waals surface area contributed by atoms with Gasteiger partial charge in [0.05, 0.1) is 0 Å². The fourth-order valence-corrected chi connectivity index (χ4v) is 2.22. The molecular weight excluding hydrogens is 182 g/mol. The molecule has 0 bridgehead atoms. The van der Waals surface area contributed by atoms with Crippen LogP contribution < -0.4 is 0 Å². The zero-order valence-electron chi connectivity index (χ0n) is 8.48. The Balaban J connectivity index is 2.65. The van der Waals surface area contributed by atoms with Gasteiger partial charge in [-0.1, -0.05) is 19.3 Å². The van der Waals surface area contributed by atoms with Crippen LogP contribution in [-0.4, -0.2) is 35.5 Å². The average Bonchev–Trinajstić information content (AvgIpc) is 2.19. The van der Waals surface area contributed by atoms with E-state index < -0.39 is 12.0 Å². The van der Waals surface area contributed by atoms with Gasteiger partial charge in [0.2, 0.25) is 6.41 Å². The third-order valence-electron chi connectivity index (χ3n) is 2.95. The summed E-state index contributed by atoms with van der Waals surface area (Å²) in [6, 6.07) is -0.632. The molecule has 1 aliphatic rings. The maximum atomic E-state index is 11.0. The van der Waals surface area contributed by atoms with E-state index in [1.165, 1.54) is 11.3 Å². The summed E-state index contributed by atoms with van der Waals surface area (Å²) in [7, 11) is 1.54. The molecule has 4 nitrogen and oxygen atoms in total. The molecule has 0 aromatic rings. The van der Waals surface area contributed by atoms with Crippen LogP contribution in [0.2, 0.25) is 0 Å². The minimum absolute atomic E-state index is 0.136. The highest BCUT2D eigenvalue weighted by Crippen LogP contribution is 2.28. The van der Waals surface area contributed by atoms with Gasteiger partial charge in [-0.05, 0) is 18.8 Å². The summed E-state index contributed by atoms with van der Waals surface area (Å²) in [5, 5.41) is 9.03. The van der Waals surface area contributed by atoms with Crippen molar-refractivity contribution in [2.75, 3.05) is 7.05 Å². The molecule has 0 aromatic heterocycles. The molecule has 0 saturated heterocycles. The van der Waals surface area contributed by atoms with Gasteiger partial charge in [0.1, 0.15) is 6.04 Å². The van der Waals surface area contributed by atoms with Gasteiger partial charge in [0.15, 0.2) is 0 Å². The first-order valence-electron chi connectivity index (χ1n) is 5.07. The van der Waals surface area contributed by atoms with E-state index in [0.29, 0.717) is 6.41 Å². The fourth-order valence-electron chi connectivity index (χ4n) is 2.22. The highest BCUT2D eigenvalue weighted by atomic mass is 16.4. The Kier molecular flexibility index (Phi) is 3.92. The Morgan fingerprint density at radius 2 is 2.00 bits per heavy atom. The molecule has 80 valence electrons. The van der Waals surface area contributed by atoms with E-state index in [9.17, 15) is 9.59 Å². The average molecular weight is 199 g/mol. The molecule has 0 aromatic carbocycles. The quantitative estimate of drug-likeness (QED) is 0.690. The standard InChI is InChI=1S/C10H17NO3/c1-11(7-12)9(10(13)14)8-5-3-2-4-6-8/h7-9H,2-6H2,1H3,(H,13,14). The van der Waals surface area contributed by atoms with E-state index in [2.05, 4.69) is 0 Å². The van der Waals surface area contributed by atoms with Crippen LogP contribution in [0.4, 0.5) is 0 Å². The lowest BCUT2D eigenvalue weighted by molar-refractivity contribution is -0.148. The minimum Gasteiger partial charge on any atom is -0.480 e. The number of rotatable bonds is 4. The van der Waals surface area contributed by atoms with Gasteiger partial charge in [-0.2, -0.15) is 0 Å². The lowest BCUT2D eigenvalue weighted by Crippen LogP contribution is -2.44. The van der Waals surface area contributed by atoms with Crippen LogP contribution in [-0.2, 0) is 9.59 Å².